The molecule has 2 rings (SSSR count). The Hall–Kier alpha value is -1.12. The molecule has 1 aromatic rings. The first-order valence-electron chi connectivity index (χ1n) is 4.32. The van der Waals surface area contributed by atoms with Gasteiger partial charge in [-0.3, -0.25) is 0 Å². The molecule has 1 aliphatic heterocycles. The second kappa shape index (κ2) is 2.69. The Morgan fingerprint density at radius 2 is 2.15 bits per heavy atom. The van der Waals surface area contributed by atoms with E-state index >= 15 is 0 Å². The van der Waals surface area contributed by atoms with Gasteiger partial charge in [0.15, 0.2) is 0 Å². The average molecular weight is 183 g/mol. The third-order valence-electron chi connectivity index (χ3n) is 2.32. The first-order chi connectivity index (χ1) is 6.07. The van der Waals surface area contributed by atoms with Gasteiger partial charge in [-0.15, -0.1) is 0 Å². The van der Waals surface area contributed by atoms with Crippen LogP contribution in [-0.4, -0.2) is 6.54 Å². The first-order valence-corrected chi connectivity index (χ1v) is 4.32. The van der Waals surface area contributed by atoms with Crippen LogP contribution in [-0.2, 0) is 12.3 Å². The summed E-state index contributed by atoms with van der Waals surface area (Å²) in [5.41, 5.74) is 2.10. The smallest absolute Gasteiger partial charge is 0.270 e. The molecule has 0 bridgehead atoms. The molecule has 1 aromatic carbocycles. The number of hydrogen-bond acceptors (Lipinski definition) is 1. The molecule has 0 atom stereocenters. The van der Waals surface area contributed by atoms with E-state index in [4.69, 9.17) is 0 Å². The van der Waals surface area contributed by atoms with Crippen molar-refractivity contribution in [2.45, 2.75) is 19.3 Å². The summed E-state index contributed by atoms with van der Waals surface area (Å²) in [5.74, 6) is -2.72. The summed E-state index contributed by atoms with van der Waals surface area (Å²) in [7, 11) is 0. The Labute approximate surface area is 75.8 Å². The molecule has 1 aliphatic rings. The van der Waals surface area contributed by atoms with E-state index in [0.717, 1.165) is 31.1 Å². The molecule has 0 spiro atoms. The van der Waals surface area contributed by atoms with Crippen LogP contribution in [0.3, 0.4) is 0 Å². The molecule has 0 aromatic heterocycles. The number of fused-ring (bicyclic) bond motifs is 1. The van der Waals surface area contributed by atoms with Gasteiger partial charge in [0.1, 0.15) is 0 Å². The van der Waals surface area contributed by atoms with E-state index in [0.29, 0.717) is 0 Å². The Morgan fingerprint density at radius 3 is 2.85 bits per heavy atom. The predicted octanol–water partition coefficient (Wildman–Crippen LogP) is 2.77. The molecule has 0 unspecified atom stereocenters. The predicted molar refractivity (Wildman–Crippen MR) is 48.2 cm³/mol. The molecule has 0 saturated carbocycles. The van der Waals surface area contributed by atoms with E-state index in [1.165, 1.54) is 6.07 Å². The molecule has 3 heteroatoms. The van der Waals surface area contributed by atoms with Gasteiger partial charge in [0.25, 0.3) is 5.92 Å². The molecule has 0 fully saturated rings. The van der Waals surface area contributed by atoms with Crippen LogP contribution in [0.15, 0.2) is 18.2 Å². The van der Waals surface area contributed by atoms with Crippen LogP contribution in [0, 0.1) is 0 Å². The lowest BCUT2D eigenvalue weighted by Gasteiger charge is -2.11. The highest BCUT2D eigenvalue weighted by atomic mass is 19.3. The SMILES string of the molecule is CC(F)(F)c1ccc2c(c1)CCN2. The highest BCUT2D eigenvalue weighted by Gasteiger charge is 2.25. The van der Waals surface area contributed by atoms with Crippen LogP contribution in [0.2, 0.25) is 0 Å². The molecule has 1 N–H and O–H groups in total. The van der Waals surface area contributed by atoms with Crippen molar-refractivity contribution in [1.82, 2.24) is 0 Å². The topological polar surface area (TPSA) is 12.0 Å². The Morgan fingerprint density at radius 1 is 1.38 bits per heavy atom. The third kappa shape index (κ3) is 1.50. The van der Waals surface area contributed by atoms with Crippen LogP contribution in [0.5, 0.6) is 0 Å². The lowest BCUT2D eigenvalue weighted by Crippen LogP contribution is -2.06. The van der Waals surface area contributed by atoms with Crippen molar-refractivity contribution < 1.29 is 8.78 Å². The molecular weight excluding hydrogens is 172 g/mol. The molecule has 0 aliphatic carbocycles. The second-order valence-corrected chi connectivity index (χ2v) is 3.44. The van der Waals surface area contributed by atoms with Gasteiger partial charge in [0.05, 0.1) is 0 Å². The highest BCUT2D eigenvalue weighted by molar-refractivity contribution is 5.56. The van der Waals surface area contributed by atoms with E-state index in [1.54, 1.807) is 12.1 Å². The maximum absolute atomic E-state index is 12.9. The number of halogens is 2. The fraction of sp³-hybridized carbons (Fsp3) is 0.400. The Balaban J connectivity index is 2.42. The lowest BCUT2D eigenvalue weighted by atomic mass is 10.0. The van der Waals surface area contributed by atoms with Crippen LogP contribution in [0.1, 0.15) is 18.1 Å². The first kappa shape index (κ1) is 8.48. The molecular formula is C10H11F2N. The number of alkyl halides is 2. The highest BCUT2D eigenvalue weighted by Crippen LogP contribution is 2.31. The van der Waals surface area contributed by atoms with Crippen molar-refractivity contribution in [2.24, 2.45) is 0 Å². The zero-order chi connectivity index (χ0) is 9.47. The molecule has 0 radical (unpaired) electrons. The molecule has 0 saturated heterocycles. The summed E-state index contributed by atoms with van der Waals surface area (Å²) in [4.78, 5) is 0. The normalized spacial score (nSPS) is 15.3. The fourth-order valence-corrected chi connectivity index (χ4v) is 1.58. The van der Waals surface area contributed by atoms with Gasteiger partial charge in [0.2, 0.25) is 0 Å². The van der Waals surface area contributed by atoms with Gasteiger partial charge in [-0.2, -0.15) is 0 Å². The Kier molecular flexibility index (Phi) is 1.75. The fourth-order valence-electron chi connectivity index (χ4n) is 1.58. The van der Waals surface area contributed by atoms with E-state index in [1.807, 2.05) is 0 Å². The van der Waals surface area contributed by atoms with Gasteiger partial charge >= 0.3 is 0 Å². The van der Waals surface area contributed by atoms with E-state index in [9.17, 15) is 8.78 Å². The maximum atomic E-state index is 12.9. The minimum absolute atomic E-state index is 0.106. The zero-order valence-electron chi connectivity index (χ0n) is 7.40. The summed E-state index contributed by atoms with van der Waals surface area (Å²) in [6.07, 6.45) is 0.846. The number of anilines is 1. The van der Waals surface area contributed by atoms with Gasteiger partial charge in [-0.25, -0.2) is 8.78 Å². The van der Waals surface area contributed by atoms with E-state index < -0.39 is 5.92 Å². The van der Waals surface area contributed by atoms with Crippen LogP contribution >= 0.6 is 0 Å². The average Bonchev–Trinajstić information content (AvgIpc) is 2.47. The van der Waals surface area contributed by atoms with Crippen molar-refractivity contribution in [2.75, 3.05) is 11.9 Å². The number of benzene rings is 1. The summed E-state index contributed by atoms with van der Waals surface area (Å²) < 4.78 is 25.8. The molecule has 0 amide bonds. The van der Waals surface area contributed by atoms with E-state index in [2.05, 4.69) is 5.32 Å². The van der Waals surface area contributed by atoms with Gasteiger partial charge in [0, 0.05) is 24.7 Å². The quantitative estimate of drug-likeness (QED) is 0.705. The van der Waals surface area contributed by atoms with Gasteiger partial charge in [-0.05, 0) is 24.1 Å². The molecule has 70 valence electrons. The molecule has 1 nitrogen and oxygen atoms in total. The number of nitrogens with one attached hydrogen (secondary N) is 1. The summed E-state index contributed by atoms with van der Waals surface area (Å²) >= 11 is 0. The van der Waals surface area contributed by atoms with Crippen molar-refractivity contribution in [3.63, 3.8) is 0 Å². The van der Waals surface area contributed by atoms with Crippen molar-refractivity contribution >= 4 is 5.69 Å². The maximum Gasteiger partial charge on any atom is 0.270 e. The monoisotopic (exact) mass is 183 g/mol. The molecule has 13 heavy (non-hydrogen) atoms. The van der Waals surface area contributed by atoms with Gasteiger partial charge in [-0.1, -0.05) is 6.07 Å². The lowest BCUT2D eigenvalue weighted by molar-refractivity contribution is 0.0174. The van der Waals surface area contributed by atoms with Crippen molar-refractivity contribution in [3.8, 4) is 0 Å². The van der Waals surface area contributed by atoms with Crippen molar-refractivity contribution in [1.29, 1.82) is 0 Å². The van der Waals surface area contributed by atoms with Crippen LogP contribution in [0.25, 0.3) is 0 Å². The van der Waals surface area contributed by atoms with Crippen LogP contribution < -0.4 is 5.32 Å². The summed E-state index contributed by atoms with van der Waals surface area (Å²) in [6.45, 7) is 1.78. The largest absolute Gasteiger partial charge is 0.384 e. The van der Waals surface area contributed by atoms with Gasteiger partial charge < -0.3 is 5.32 Å². The van der Waals surface area contributed by atoms with Crippen LogP contribution in [0.4, 0.5) is 14.5 Å². The van der Waals surface area contributed by atoms with E-state index in [-0.39, 0.29) is 5.56 Å². The number of rotatable bonds is 1. The minimum Gasteiger partial charge on any atom is -0.384 e. The summed E-state index contributed by atoms with van der Waals surface area (Å²) in [5, 5.41) is 3.13. The molecule has 1 heterocycles. The number of hydrogen-bond donors (Lipinski definition) is 1. The standard InChI is InChI=1S/C10H11F2N/c1-10(11,12)8-2-3-9-7(6-8)4-5-13-9/h2-3,6,13H,4-5H2,1H3. The van der Waals surface area contributed by atoms with Crippen molar-refractivity contribution in [3.05, 3.63) is 29.3 Å². The third-order valence-corrected chi connectivity index (χ3v) is 2.32. The second-order valence-electron chi connectivity index (χ2n) is 3.44. The Bertz CT molecular complexity index is 328. The zero-order valence-corrected chi connectivity index (χ0v) is 7.40. The summed E-state index contributed by atoms with van der Waals surface area (Å²) in [6, 6.07) is 4.81. The minimum atomic E-state index is -2.72.